The molecule has 2 heterocycles. The van der Waals surface area contributed by atoms with E-state index in [4.69, 9.17) is 9.47 Å². The van der Waals surface area contributed by atoms with Crippen LogP contribution >= 0.6 is 0 Å². The monoisotopic (exact) mass is 702 g/mol. The topological polar surface area (TPSA) is 154 Å². The van der Waals surface area contributed by atoms with Gasteiger partial charge < -0.3 is 19.7 Å². The van der Waals surface area contributed by atoms with Crippen LogP contribution in [0.1, 0.15) is 51.3 Å². The van der Waals surface area contributed by atoms with Crippen molar-refractivity contribution in [1.82, 2.24) is 30.0 Å². The SMILES string of the molecule is C=C(C)C(=O)OCCc1cc(-n2nc3ccccc3n2)c(O)c(C(C)(C)C)c1.C=C(C)C(=O)OCCc1ccc(O)c(-n2nc3ccccc3n2)c1. The Hall–Kier alpha value is -6.30. The van der Waals surface area contributed by atoms with E-state index in [1.807, 2.05) is 81.4 Å². The Kier molecular flexibility index (Phi) is 11.2. The number of phenolic OH excluding ortho intramolecular Hbond substituents is 2. The van der Waals surface area contributed by atoms with Crippen LogP contribution in [0.3, 0.4) is 0 Å². The van der Waals surface area contributed by atoms with Gasteiger partial charge in [-0.05, 0) is 72.9 Å². The number of aromatic nitrogens is 6. The smallest absolute Gasteiger partial charge is 0.333 e. The summed E-state index contributed by atoms with van der Waals surface area (Å²) in [6.07, 6.45) is 1.03. The average molecular weight is 703 g/mol. The van der Waals surface area contributed by atoms with Crippen molar-refractivity contribution in [1.29, 1.82) is 0 Å². The second kappa shape index (κ2) is 15.7. The van der Waals surface area contributed by atoms with Crippen molar-refractivity contribution in [2.75, 3.05) is 13.2 Å². The molecule has 2 aromatic heterocycles. The van der Waals surface area contributed by atoms with Crippen molar-refractivity contribution in [3.63, 3.8) is 0 Å². The number of ether oxygens (including phenoxy) is 2. The molecule has 0 saturated carbocycles. The van der Waals surface area contributed by atoms with Crippen LogP contribution in [-0.2, 0) is 37.3 Å². The maximum atomic E-state index is 11.6. The van der Waals surface area contributed by atoms with E-state index in [-0.39, 0.29) is 30.1 Å². The van der Waals surface area contributed by atoms with Gasteiger partial charge in [-0.1, -0.05) is 70.3 Å². The molecule has 0 fully saturated rings. The minimum atomic E-state index is -0.408. The number of nitrogens with zero attached hydrogens (tertiary/aromatic N) is 6. The molecule has 0 saturated heterocycles. The summed E-state index contributed by atoms with van der Waals surface area (Å²) < 4.78 is 10.3. The molecule has 12 heteroatoms. The summed E-state index contributed by atoms with van der Waals surface area (Å²) in [7, 11) is 0. The number of rotatable bonds is 10. The van der Waals surface area contributed by atoms with E-state index in [0.717, 1.165) is 38.8 Å². The van der Waals surface area contributed by atoms with Crippen LogP contribution in [0.25, 0.3) is 33.4 Å². The van der Waals surface area contributed by atoms with E-state index in [1.165, 1.54) is 9.59 Å². The highest BCUT2D eigenvalue weighted by atomic mass is 16.5. The minimum absolute atomic E-state index is 0.0815. The Morgan fingerprint density at radius 1 is 0.654 bits per heavy atom. The highest BCUT2D eigenvalue weighted by Crippen LogP contribution is 2.36. The molecule has 0 unspecified atom stereocenters. The van der Waals surface area contributed by atoms with Gasteiger partial charge in [0.2, 0.25) is 0 Å². The van der Waals surface area contributed by atoms with Gasteiger partial charge >= 0.3 is 11.9 Å². The fraction of sp³-hybridized carbons (Fsp3) is 0.250. The van der Waals surface area contributed by atoms with E-state index in [9.17, 15) is 19.8 Å². The molecule has 52 heavy (non-hydrogen) atoms. The third-order valence-corrected chi connectivity index (χ3v) is 7.95. The van der Waals surface area contributed by atoms with Crippen LogP contribution in [0, 0.1) is 0 Å². The predicted octanol–water partition coefficient (Wildman–Crippen LogP) is 6.87. The molecule has 2 N–H and O–H groups in total. The van der Waals surface area contributed by atoms with E-state index < -0.39 is 11.9 Å². The molecule has 0 aliphatic heterocycles. The molecule has 0 aliphatic rings. The lowest BCUT2D eigenvalue weighted by molar-refractivity contribution is -0.139. The first-order valence-corrected chi connectivity index (χ1v) is 16.7. The fourth-order valence-electron chi connectivity index (χ4n) is 5.14. The number of carbonyl (C=O) groups is 2. The number of fused-ring (bicyclic) bond motifs is 2. The summed E-state index contributed by atoms with van der Waals surface area (Å²) in [6, 6.07) is 23.9. The zero-order valence-corrected chi connectivity index (χ0v) is 30.0. The zero-order chi connectivity index (χ0) is 37.6. The van der Waals surface area contributed by atoms with Crippen molar-refractivity contribution in [3.05, 3.63) is 120 Å². The predicted molar refractivity (Wildman–Crippen MR) is 199 cm³/mol. The third kappa shape index (κ3) is 8.88. The van der Waals surface area contributed by atoms with Gasteiger partial charge in [0.15, 0.2) is 0 Å². The standard InChI is InChI=1S/C22H25N3O3.C18H17N3O3/c1-14(2)21(27)28-11-10-15-12-16(22(3,4)5)20(26)19(13-15)25-23-17-8-6-7-9-18(17)24-25;1-12(2)18(23)24-10-9-13-7-8-17(22)16(11-13)21-19-14-5-3-4-6-15(14)20-21/h6-9,12-13,26H,1,10-11H2,2-5H3;3-8,11,22H,1,9-10H2,2H3. The first kappa shape index (κ1) is 37.0. The lowest BCUT2D eigenvalue weighted by Gasteiger charge is -2.23. The number of aromatic hydroxyl groups is 2. The molecular formula is C40H42N6O6. The maximum absolute atomic E-state index is 11.6. The molecule has 4 aromatic carbocycles. The Labute approximate surface area is 301 Å². The molecule has 268 valence electrons. The normalized spacial score (nSPS) is 11.2. The fourth-order valence-corrected chi connectivity index (χ4v) is 5.14. The van der Waals surface area contributed by atoms with Crippen molar-refractivity contribution in [3.8, 4) is 22.9 Å². The van der Waals surface area contributed by atoms with Gasteiger partial charge in [-0.3, -0.25) is 0 Å². The molecule has 0 radical (unpaired) electrons. The lowest BCUT2D eigenvalue weighted by Crippen LogP contribution is -2.15. The summed E-state index contributed by atoms with van der Waals surface area (Å²) in [5, 5.41) is 38.7. The molecule has 0 aliphatic carbocycles. The maximum Gasteiger partial charge on any atom is 0.333 e. The Morgan fingerprint density at radius 3 is 1.52 bits per heavy atom. The molecule has 0 atom stereocenters. The molecule has 0 spiro atoms. The van der Waals surface area contributed by atoms with Gasteiger partial charge in [-0.15, -0.1) is 30.0 Å². The molecule has 6 rings (SSSR count). The average Bonchev–Trinajstić information content (AvgIpc) is 3.74. The largest absolute Gasteiger partial charge is 0.506 e. The summed E-state index contributed by atoms with van der Waals surface area (Å²) in [4.78, 5) is 25.9. The van der Waals surface area contributed by atoms with E-state index in [0.29, 0.717) is 35.4 Å². The van der Waals surface area contributed by atoms with Gasteiger partial charge in [-0.25, -0.2) is 9.59 Å². The van der Waals surface area contributed by atoms with E-state index in [2.05, 4.69) is 33.6 Å². The molecule has 12 nitrogen and oxygen atoms in total. The lowest BCUT2D eigenvalue weighted by atomic mass is 9.84. The molecule has 6 aromatic rings. The summed E-state index contributed by atoms with van der Waals surface area (Å²) in [5.74, 6) is -0.586. The van der Waals surface area contributed by atoms with Crippen LogP contribution in [-0.4, -0.2) is 65.4 Å². The second-order valence-corrected chi connectivity index (χ2v) is 13.4. The number of hydrogen-bond acceptors (Lipinski definition) is 10. The van der Waals surface area contributed by atoms with Gasteiger partial charge in [0.05, 0.1) is 13.2 Å². The van der Waals surface area contributed by atoms with Crippen molar-refractivity contribution < 1.29 is 29.3 Å². The van der Waals surface area contributed by atoms with Gasteiger partial charge in [0.25, 0.3) is 0 Å². The van der Waals surface area contributed by atoms with Crippen LogP contribution in [0.4, 0.5) is 0 Å². The Bertz CT molecular complexity index is 2210. The number of esters is 2. The van der Waals surface area contributed by atoms with Crippen molar-refractivity contribution in [2.24, 2.45) is 0 Å². The number of benzene rings is 4. The number of hydrogen-bond donors (Lipinski definition) is 2. The highest BCUT2D eigenvalue weighted by molar-refractivity contribution is 5.87. The van der Waals surface area contributed by atoms with Crippen molar-refractivity contribution in [2.45, 2.75) is 52.9 Å². The van der Waals surface area contributed by atoms with Crippen molar-refractivity contribution >= 4 is 34.0 Å². The van der Waals surface area contributed by atoms with Crippen LogP contribution < -0.4 is 0 Å². The number of phenols is 2. The molecular weight excluding hydrogens is 660 g/mol. The summed E-state index contributed by atoms with van der Waals surface area (Å²) in [6.45, 7) is 16.9. The van der Waals surface area contributed by atoms with Gasteiger partial charge in [-0.2, -0.15) is 0 Å². The van der Waals surface area contributed by atoms with Gasteiger partial charge in [0.1, 0.15) is 44.9 Å². The molecule has 0 bridgehead atoms. The van der Waals surface area contributed by atoms with Crippen LogP contribution in [0.15, 0.2) is 103 Å². The Morgan fingerprint density at radius 2 is 1.08 bits per heavy atom. The zero-order valence-electron chi connectivity index (χ0n) is 30.0. The summed E-state index contributed by atoms with van der Waals surface area (Å²) in [5.41, 5.74) is 7.05. The number of carbonyl (C=O) groups excluding carboxylic acids is 2. The highest BCUT2D eigenvalue weighted by Gasteiger charge is 2.23. The second-order valence-electron chi connectivity index (χ2n) is 13.4. The summed E-state index contributed by atoms with van der Waals surface area (Å²) >= 11 is 0. The molecule has 0 amide bonds. The van der Waals surface area contributed by atoms with Crippen LogP contribution in [0.5, 0.6) is 11.5 Å². The quantitative estimate of drug-likeness (QED) is 0.114. The first-order valence-electron chi connectivity index (χ1n) is 16.7. The van der Waals surface area contributed by atoms with E-state index in [1.54, 1.807) is 32.0 Å². The van der Waals surface area contributed by atoms with Crippen LogP contribution in [0.2, 0.25) is 0 Å². The van der Waals surface area contributed by atoms with Gasteiger partial charge in [0, 0.05) is 29.6 Å². The Balaban J connectivity index is 0.000000203. The first-order chi connectivity index (χ1) is 24.7. The third-order valence-electron chi connectivity index (χ3n) is 7.95. The van der Waals surface area contributed by atoms with E-state index >= 15 is 0 Å². The minimum Gasteiger partial charge on any atom is -0.506 e.